The van der Waals surface area contributed by atoms with Gasteiger partial charge in [-0.2, -0.15) is 5.26 Å². The lowest BCUT2D eigenvalue weighted by Crippen LogP contribution is -2.33. The maximum absolute atomic E-state index is 12.6. The highest BCUT2D eigenvalue weighted by Crippen LogP contribution is 2.31. The van der Waals surface area contributed by atoms with Gasteiger partial charge in [-0.05, 0) is 42.5 Å². The number of nitriles is 1. The third-order valence-corrected chi connectivity index (χ3v) is 4.92. The van der Waals surface area contributed by atoms with E-state index in [1.54, 1.807) is 11.0 Å². The van der Waals surface area contributed by atoms with Crippen molar-refractivity contribution in [1.82, 2.24) is 0 Å². The van der Waals surface area contributed by atoms with Crippen molar-refractivity contribution < 1.29 is 9.53 Å². The van der Waals surface area contributed by atoms with E-state index in [2.05, 4.69) is 11.4 Å². The second kappa shape index (κ2) is 7.47. The van der Waals surface area contributed by atoms with Gasteiger partial charge in [-0.15, -0.1) is 11.3 Å². The molecule has 0 bridgehead atoms. The first kappa shape index (κ1) is 16.5. The fourth-order valence-corrected chi connectivity index (χ4v) is 3.61. The molecule has 1 atom stereocenters. The number of carbonyl (C=O) groups excluding carboxylic acids is 1. The molecular weight excluding hydrogens is 322 g/mol. The highest BCUT2D eigenvalue weighted by atomic mass is 32.1. The lowest BCUT2D eigenvalue weighted by molar-refractivity contribution is -0.117. The van der Waals surface area contributed by atoms with Gasteiger partial charge < -0.3 is 15.0 Å². The van der Waals surface area contributed by atoms with Crippen LogP contribution in [-0.4, -0.2) is 25.1 Å². The smallest absolute Gasteiger partial charge is 0.250 e. The number of hydrogen-bond acceptors (Lipinski definition) is 5. The van der Waals surface area contributed by atoms with Crippen LogP contribution in [0.2, 0.25) is 0 Å². The lowest BCUT2D eigenvalue weighted by atomic mass is 10.2. The highest BCUT2D eigenvalue weighted by Gasteiger charge is 2.34. The third kappa shape index (κ3) is 3.42. The average Bonchev–Trinajstić information content (AvgIpc) is 3.21. The molecule has 24 heavy (non-hydrogen) atoms. The Balaban J connectivity index is 1.65. The summed E-state index contributed by atoms with van der Waals surface area (Å²) in [6.45, 7) is 3.90. The van der Waals surface area contributed by atoms with Crippen molar-refractivity contribution in [3.05, 3.63) is 46.8 Å². The summed E-state index contributed by atoms with van der Waals surface area (Å²) in [5, 5.41) is 15.0. The summed E-state index contributed by atoms with van der Waals surface area (Å²) in [4.78, 5) is 14.3. The van der Waals surface area contributed by atoms with Gasteiger partial charge >= 0.3 is 0 Å². The minimum atomic E-state index is -0.253. The van der Waals surface area contributed by atoms with Gasteiger partial charge in [0.05, 0.1) is 12.2 Å². The first-order valence-electron chi connectivity index (χ1n) is 7.95. The van der Waals surface area contributed by atoms with Crippen molar-refractivity contribution in [2.75, 3.05) is 23.4 Å². The molecule has 2 aromatic rings. The second-order valence-corrected chi connectivity index (χ2v) is 6.46. The van der Waals surface area contributed by atoms with Crippen LogP contribution in [0.5, 0.6) is 0 Å². The average molecular weight is 341 g/mol. The number of benzene rings is 1. The first-order valence-corrected chi connectivity index (χ1v) is 8.83. The summed E-state index contributed by atoms with van der Waals surface area (Å²) in [5.41, 5.74) is 2.59. The fourth-order valence-electron chi connectivity index (χ4n) is 2.73. The van der Waals surface area contributed by atoms with Gasteiger partial charge in [-0.3, -0.25) is 4.79 Å². The number of nitrogens with one attached hydrogen (secondary N) is 1. The summed E-state index contributed by atoms with van der Waals surface area (Å²) in [7, 11) is 0. The number of nitrogens with zero attached hydrogens (tertiary/aromatic N) is 2. The number of thiophene rings is 1. The van der Waals surface area contributed by atoms with Crippen molar-refractivity contribution in [2.24, 2.45) is 0 Å². The van der Waals surface area contributed by atoms with E-state index >= 15 is 0 Å². The Labute approximate surface area is 145 Å². The summed E-state index contributed by atoms with van der Waals surface area (Å²) >= 11 is 1.43. The zero-order chi connectivity index (χ0) is 16.9. The number of carbonyl (C=O) groups is 1. The molecule has 0 saturated carbocycles. The molecular formula is C18H19N3O2S. The number of anilines is 2. The van der Waals surface area contributed by atoms with E-state index in [4.69, 9.17) is 10.00 Å². The van der Waals surface area contributed by atoms with Crippen molar-refractivity contribution in [1.29, 1.82) is 5.26 Å². The van der Waals surface area contributed by atoms with Gasteiger partial charge in [0.25, 0.3) is 0 Å². The fraction of sp³-hybridized carbons (Fsp3) is 0.333. The predicted molar refractivity (Wildman–Crippen MR) is 95.2 cm³/mol. The van der Waals surface area contributed by atoms with E-state index in [9.17, 15) is 4.79 Å². The van der Waals surface area contributed by atoms with Gasteiger partial charge in [-0.25, -0.2) is 0 Å². The Morgan fingerprint density at radius 1 is 1.38 bits per heavy atom. The number of hydrogen-bond donors (Lipinski definition) is 1. The molecule has 1 N–H and O–H groups in total. The molecule has 1 fully saturated rings. The van der Waals surface area contributed by atoms with Crippen molar-refractivity contribution in [3.63, 3.8) is 0 Å². The summed E-state index contributed by atoms with van der Waals surface area (Å²) in [6.07, 6.45) is 0.725. The van der Waals surface area contributed by atoms with Crippen LogP contribution in [0.15, 0.2) is 35.7 Å². The SMILES string of the molecule is CCOCc1ccc(N[C@H]2CCN(c3sccc3C#N)C2=O)cc1. The van der Waals surface area contributed by atoms with Crippen LogP contribution in [0.4, 0.5) is 10.7 Å². The quantitative estimate of drug-likeness (QED) is 0.875. The zero-order valence-electron chi connectivity index (χ0n) is 13.5. The highest BCUT2D eigenvalue weighted by molar-refractivity contribution is 7.14. The van der Waals surface area contributed by atoms with E-state index in [1.165, 1.54) is 11.3 Å². The molecule has 5 nitrogen and oxygen atoms in total. The molecule has 0 radical (unpaired) electrons. The molecule has 1 aliphatic rings. The molecule has 0 spiro atoms. The minimum absolute atomic E-state index is 0.0207. The monoisotopic (exact) mass is 341 g/mol. The lowest BCUT2D eigenvalue weighted by Gasteiger charge is -2.16. The number of amides is 1. The second-order valence-electron chi connectivity index (χ2n) is 5.56. The first-order chi connectivity index (χ1) is 11.7. The van der Waals surface area contributed by atoms with Gasteiger partial charge in [0.1, 0.15) is 17.1 Å². The minimum Gasteiger partial charge on any atom is -0.377 e. The van der Waals surface area contributed by atoms with Crippen LogP contribution >= 0.6 is 11.3 Å². The number of ether oxygens (including phenoxy) is 1. The molecule has 3 rings (SSSR count). The maximum Gasteiger partial charge on any atom is 0.250 e. The normalized spacial score (nSPS) is 17.1. The zero-order valence-corrected chi connectivity index (χ0v) is 14.3. The Morgan fingerprint density at radius 2 is 2.17 bits per heavy atom. The summed E-state index contributed by atoms with van der Waals surface area (Å²) < 4.78 is 5.38. The van der Waals surface area contributed by atoms with Crippen LogP contribution in [0, 0.1) is 11.3 Å². The number of rotatable bonds is 6. The standard InChI is InChI=1S/C18H19N3O2S/c1-2-23-12-13-3-5-15(6-4-13)20-16-7-9-21(17(16)22)18-14(11-19)8-10-24-18/h3-6,8,10,16,20H,2,7,9,12H2,1H3/t16-/m0/s1. The van der Waals surface area contributed by atoms with E-state index in [-0.39, 0.29) is 11.9 Å². The third-order valence-electron chi connectivity index (χ3n) is 3.98. The van der Waals surface area contributed by atoms with E-state index in [1.807, 2.05) is 36.6 Å². The summed E-state index contributed by atoms with van der Waals surface area (Å²) in [6, 6.07) is 11.6. The largest absolute Gasteiger partial charge is 0.377 e. The molecule has 1 amide bonds. The van der Waals surface area contributed by atoms with E-state index < -0.39 is 0 Å². The van der Waals surface area contributed by atoms with Crippen LogP contribution in [0.25, 0.3) is 0 Å². The topological polar surface area (TPSA) is 65.4 Å². The van der Waals surface area contributed by atoms with Gasteiger partial charge in [0.15, 0.2) is 0 Å². The van der Waals surface area contributed by atoms with Crippen molar-refractivity contribution in [2.45, 2.75) is 26.0 Å². The van der Waals surface area contributed by atoms with Crippen LogP contribution in [-0.2, 0) is 16.1 Å². The predicted octanol–water partition coefficient (Wildman–Crippen LogP) is 3.37. The van der Waals surface area contributed by atoms with Crippen molar-refractivity contribution in [3.8, 4) is 6.07 Å². The molecule has 1 saturated heterocycles. The Bertz CT molecular complexity index is 748. The Hall–Kier alpha value is -2.36. The van der Waals surface area contributed by atoms with Crippen LogP contribution in [0.1, 0.15) is 24.5 Å². The molecule has 1 aliphatic heterocycles. The van der Waals surface area contributed by atoms with Crippen molar-refractivity contribution >= 4 is 27.9 Å². The van der Waals surface area contributed by atoms with Gasteiger partial charge in [0.2, 0.25) is 5.91 Å². The molecule has 1 aromatic heterocycles. The maximum atomic E-state index is 12.6. The van der Waals surface area contributed by atoms with Gasteiger partial charge in [-0.1, -0.05) is 12.1 Å². The van der Waals surface area contributed by atoms with E-state index in [0.29, 0.717) is 25.3 Å². The molecule has 0 aliphatic carbocycles. The molecule has 124 valence electrons. The van der Waals surface area contributed by atoms with Gasteiger partial charge in [0, 0.05) is 18.8 Å². The molecule has 0 unspecified atom stereocenters. The molecule has 1 aromatic carbocycles. The molecule has 6 heteroatoms. The summed E-state index contributed by atoms with van der Waals surface area (Å²) in [5.74, 6) is 0.0207. The Morgan fingerprint density at radius 3 is 2.88 bits per heavy atom. The molecule has 2 heterocycles. The van der Waals surface area contributed by atoms with Crippen LogP contribution < -0.4 is 10.2 Å². The van der Waals surface area contributed by atoms with E-state index in [0.717, 1.165) is 22.7 Å². The van der Waals surface area contributed by atoms with Crippen LogP contribution in [0.3, 0.4) is 0 Å². The Kier molecular flexibility index (Phi) is 5.14.